The molecule has 1 aliphatic rings. The van der Waals surface area contributed by atoms with Crippen LogP contribution in [-0.2, 0) is 11.0 Å². The van der Waals surface area contributed by atoms with Crippen LogP contribution in [0.3, 0.4) is 0 Å². The highest BCUT2D eigenvalue weighted by molar-refractivity contribution is 5.95. The summed E-state index contributed by atoms with van der Waals surface area (Å²) in [6.45, 7) is 2.28. The molecule has 0 saturated heterocycles. The van der Waals surface area contributed by atoms with Crippen molar-refractivity contribution in [1.29, 1.82) is 0 Å². The molecule has 126 valence electrons. The molecule has 0 radical (unpaired) electrons. The van der Waals surface area contributed by atoms with Gasteiger partial charge in [-0.15, -0.1) is 0 Å². The van der Waals surface area contributed by atoms with Crippen LogP contribution in [0.4, 0.5) is 18.9 Å². The standard InChI is InChI=1S/C18H16F3NO2/c1-2-24-11-7-8-16-14(9-11)13(10-17(23)22-16)12-5-3-4-6-15(12)18(19,20)21/h3-9,13H,2,10H2,1H3,(H,22,23)/t13-/m1/s1. The van der Waals surface area contributed by atoms with Crippen molar-refractivity contribution in [3.05, 3.63) is 59.2 Å². The SMILES string of the molecule is CCOc1ccc2c(c1)[C@@H](c1ccccc1C(F)(F)F)CC(=O)N2. The molecule has 0 aliphatic carbocycles. The van der Waals surface area contributed by atoms with Crippen molar-refractivity contribution >= 4 is 11.6 Å². The summed E-state index contributed by atoms with van der Waals surface area (Å²) in [5.41, 5.74) is 0.557. The Balaban J connectivity index is 2.14. The van der Waals surface area contributed by atoms with Crippen LogP contribution in [-0.4, -0.2) is 12.5 Å². The molecule has 1 amide bonds. The molecule has 2 aromatic rings. The van der Waals surface area contributed by atoms with E-state index < -0.39 is 17.7 Å². The first-order valence-electron chi connectivity index (χ1n) is 7.63. The normalized spacial score (nSPS) is 17.2. The van der Waals surface area contributed by atoms with E-state index in [0.29, 0.717) is 23.6 Å². The van der Waals surface area contributed by atoms with E-state index in [1.807, 2.05) is 6.92 Å². The zero-order valence-corrected chi connectivity index (χ0v) is 13.0. The number of hydrogen-bond donors (Lipinski definition) is 1. The summed E-state index contributed by atoms with van der Waals surface area (Å²) in [4.78, 5) is 12.0. The third kappa shape index (κ3) is 3.09. The predicted octanol–water partition coefficient (Wildman–Crippen LogP) is 4.58. The van der Waals surface area contributed by atoms with Gasteiger partial charge in [0.2, 0.25) is 5.91 Å². The Bertz CT molecular complexity index is 771. The number of carbonyl (C=O) groups is 1. The second kappa shape index (κ2) is 6.19. The number of benzene rings is 2. The Kier molecular flexibility index (Phi) is 4.22. The summed E-state index contributed by atoms with van der Waals surface area (Å²) in [7, 11) is 0. The minimum Gasteiger partial charge on any atom is -0.494 e. The van der Waals surface area contributed by atoms with Crippen LogP contribution in [0.5, 0.6) is 5.75 Å². The van der Waals surface area contributed by atoms with Gasteiger partial charge in [-0.3, -0.25) is 4.79 Å². The molecular formula is C18H16F3NO2. The lowest BCUT2D eigenvalue weighted by Crippen LogP contribution is -2.25. The molecule has 6 heteroatoms. The third-order valence-electron chi connectivity index (χ3n) is 4.01. The molecule has 3 nitrogen and oxygen atoms in total. The lowest BCUT2D eigenvalue weighted by molar-refractivity contribution is -0.138. The first kappa shape index (κ1) is 16.4. The van der Waals surface area contributed by atoms with Gasteiger partial charge in [0.25, 0.3) is 0 Å². The lowest BCUT2D eigenvalue weighted by atomic mass is 9.82. The maximum absolute atomic E-state index is 13.4. The molecule has 0 aromatic heterocycles. The Hall–Kier alpha value is -2.50. The highest BCUT2D eigenvalue weighted by Crippen LogP contribution is 2.43. The van der Waals surface area contributed by atoms with E-state index in [1.165, 1.54) is 12.1 Å². The summed E-state index contributed by atoms with van der Waals surface area (Å²) in [6.07, 6.45) is -4.50. The van der Waals surface area contributed by atoms with Gasteiger partial charge in [-0.25, -0.2) is 0 Å². The van der Waals surface area contributed by atoms with Crippen molar-refractivity contribution in [3.8, 4) is 5.75 Å². The van der Waals surface area contributed by atoms with Crippen LogP contribution in [0, 0.1) is 0 Å². The monoisotopic (exact) mass is 335 g/mol. The van der Waals surface area contributed by atoms with Crippen LogP contribution in [0.25, 0.3) is 0 Å². The molecule has 2 aromatic carbocycles. The number of halogens is 3. The van der Waals surface area contributed by atoms with Crippen LogP contribution in [0.15, 0.2) is 42.5 Å². The Morgan fingerprint density at radius 1 is 1.17 bits per heavy atom. The summed E-state index contributed by atoms with van der Waals surface area (Å²) in [5, 5.41) is 2.71. The van der Waals surface area contributed by atoms with Crippen molar-refractivity contribution in [1.82, 2.24) is 0 Å². The Morgan fingerprint density at radius 2 is 1.92 bits per heavy atom. The predicted molar refractivity (Wildman–Crippen MR) is 84.1 cm³/mol. The fourth-order valence-electron chi connectivity index (χ4n) is 3.03. The van der Waals surface area contributed by atoms with E-state index in [1.54, 1.807) is 24.3 Å². The van der Waals surface area contributed by atoms with Gasteiger partial charge >= 0.3 is 6.18 Å². The number of rotatable bonds is 3. The Morgan fingerprint density at radius 3 is 2.62 bits per heavy atom. The molecule has 3 rings (SSSR count). The fraction of sp³-hybridized carbons (Fsp3) is 0.278. The minimum absolute atomic E-state index is 0.0321. The third-order valence-corrected chi connectivity index (χ3v) is 4.01. The first-order chi connectivity index (χ1) is 11.4. The molecule has 0 fully saturated rings. The summed E-state index contributed by atoms with van der Waals surface area (Å²) in [6, 6.07) is 10.5. The van der Waals surface area contributed by atoms with Crippen molar-refractivity contribution in [3.63, 3.8) is 0 Å². The average Bonchev–Trinajstić information content (AvgIpc) is 2.54. The fourth-order valence-corrected chi connectivity index (χ4v) is 3.03. The van der Waals surface area contributed by atoms with Crippen molar-refractivity contribution in [2.45, 2.75) is 25.4 Å². The number of amides is 1. The van der Waals surface area contributed by atoms with Gasteiger partial charge in [0.15, 0.2) is 0 Å². The summed E-state index contributed by atoms with van der Waals surface area (Å²) < 4.78 is 45.5. The Labute approximate surface area is 137 Å². The van der Waals surface area contributed by atoms with Gasteiger partial charge in [-0.2, -0.15) is 13.2 Å². The van der Waals surface area contributed by atoms with Gasteiger partial charge in [0.1, 0.15) is 5.75 Å². The van der Waals surface area contributed by atoms with E-state index in [4.69, 9.17) is 4.74 Å². The number of anilines is 1. The lowest BCUT2D eigenvalue weighted by Gasteiger charge is -2.28. The number of ether oxygens (including phenoxy) is 1. The maximum atomic E-state index is 13.4. The van der Waals surface area contributed by atoms with Crippen LogP contribution < -0.4 is 10.1 Å². The van der Waals surface area contributed by atoms with Crippen molar-refractivity contribution in [2.24, 2.45) is 0 Å². The maximum Gasteiger partial charge on any atom is 0.416 e. The number of fused-ring (bicyclic) bond motifs is 1. The van der Waals surface area contributed by atoms with Gasteiger partial charge in [-0.1, -0.05) is 18.2 Å². The largest absolute Gasteiger partial charge is 0.494 e. The van der Waals surface area contributed by atoms with Crippen LogP contribution in [0.2, 0.25) is 0 Å². The van der Waals surface area contributed by atoms with Crippen molar-refractivity contribution < 1.29 is 22.7 Å². The number of carbonyl (C=O) groups excluding carboxylic acids is 1. The second-order valence-electron chi connectivity index (χ2n) is 5.57. The molecule has 1 N–H and O–H groups in total. The van der Waals surface area contributed by atoms with E-state index in [9.17, 15) is 18.0 Å². The summed E-state index contributed by atoms with van der Waals surface area (Å²) >= 11 is 0. The van der Waals surface area contributed by atoms with E-state index in [2.05, 4.69) is 5.32 Å². The molecule has 0 unspecified atom stereocenters. The van der Waals surface area contributed by atoms with Crippen LogP contribution >= 0.6 is 0 Å². The number of hydrogen-bond acceptors (Lipinski definition) is 2. The topological polar surface area (TPSA) is 38.3 Å². The highest BCUT2D eigenvalue weighted by Gasteiger charge is 2.37. The molecular weight excluding hydrogens is 319 g/mol. The zero-order valence-electron chi connectivity index (χ0n) is 13.0. The van der Waals surface area contributed by atoms with Gasteiger partial charge in [-0.05, 0) is 42.3 Å². The molecule has 0 spiro atoms. The van der Waals surface area contributed by atoms with E-state index in [0.717, 1.165) is 6.07 Å². The number of alkyl halides is 3. The molecule has 1 heterocycles. The van der Waals surface area contributed by atoms with E-state index >= 15 is 0 Å². The smallest absolute Gasteiger partial charge is 0.416 e. The van der Waals surface area contributed by atoms with Gasteiger partial charge in [0.05, 0.1) is 12.2 Å². The van der Waals surface area contributed by atoms with Gasteiger partial charge in [0, 0.05) is 18.0 Å². The molecule has 24 heavy (non-hydrogen) atoms. The molecule has 1 atom stereocenters. The van der Waals surface area contributed by atoms with Gasteiger partial charge < -0.3 is 10.1 Å². The van der Waals surface area contributed by atoms with Crippen molar-refractivity contribution in [2.75, 3.05) is 11.9 Å². The molecule has 0 saturated carbocycles. The molecule has 1 aliphatic heterocycles. The highest BCUT2D eigenvalue weighted by atomic mass is 19.4. The first-order valence-corrected chi connectivity index (χ1v) is 7.63. The number of nitrogens with one attached hydrogen (secondary N) is 1. The minimum atomic E-state index is -4.47. The zero-order chi connectivity index (χ0) is 17.3. The second-order valence-corrected chi connectivity index (χ2v) is 5.57. The van der Waals surface area contributed by atoms with E-state index in [-0.39, 0.29) is 17.9 Å². The van der Waals surface area contributed by atoms with Crippen LogP contribution in [0.1, 0.15) is 36.0 Å². The average molecular weight is 335 g/mol. The quantitative estimate of drug-likeness (QED) is 0.892. The molecule has 0 bridgehead atoms. The summed E-state index contributed by atoms with van der Waals surface area (Å²) in [5.74, 6) is -0.387.